The molecule has 0 aromatic heterocycles. The van der Waals surface area contributed by atoms with Gasteiger partial charge in [0.1, 0.15) is 13.2 Å². The third-order valence-electron chi connectivity index (χ3n) is 2.96. The molecule has 0 fully saturated rings. The van der Waals surface area contributed by atoms with Gasteiger partial charge in [0.2, 0.25) is 10.0 Å². The van der Waals surface area contributed by atoms with Gasteiger partial charge in [0.05, 0.1) is 44.5 Å². The summed E-state index contributed by atoms with van der Waals surface area (Å²) in [6.45, 7) is 3.18. The fourth-order valence-corrected chi connectivity index (χ4v) is 2.39. The summed E-state index contributed by atoms with van der Waals surface area (Å²) in [5.74, 6) is 0.721. The molecule has 2 rings (SSSR count). The predicted octanol–water partition coefficient (Wildman–Crippen LogP) is 0.155. The molecule has 0 radical (unpaired) electrons. The Kier molecular flexibility index (Phi) is 7.06. The quantitative estimate of drug-likeness (QED) is 0.771. The number of benzene rings is 1. The third-order valence-corrected chi connectivity index (χ3v) is 3.87. The van der Waals surface area contributed by atoms with E-state index in [0.29, 0.717) is 57.7 Å². The van der Waals surface area contributed by atoms with Crippen LogP contribution in [0.1, 0.15) is 0 Å². The number of fused-ring (bicyclic) bond motifs is 1. The van der Waals surface area contributed by atoms with Crippen LogP contribution < -0.4 is 14.6 Å². The van der Waals surface area contributed by atoms with Gasteiger partial charge in [-0.2, -0.15) is 0 Å². The number of hydrogen-bond donors (Lipinski definition) is 1. The lowest BCUT2D eigenvalue weighted by Gasteiger charge is -2.13. The fraction of sp³-hybridized carbons (Fsp3) is 0.571. The lowest BCUT2D eigenvalue weighted by atomic mass is 10.3. The van der Waals surface area contributed by atoms with E-state index < -0.39 is 10.0 Å². The van der Waals surface area contributed by atoms with Crippen LogP contribution >= 0.6 is 0 Å². The minimum atomic E-state index is -3.81. The molecular weight excluding hydrogens is 326 g/mol. The first-order chi connectivity index (χ1) is 11.1. The van der Waals surface area contributed by atoms with E-state index in [4.69, 9.17) is 28.8 Å². The first-order valence-corrected chi connectivity index (χ1v) is 8.78. The molecule has 1 aromatic rings. The monoisotopic (exact) mass is 347 g/mol. The van der Waals surface area contributed by atoms with Crippen molar-refractivity contribution in [3.8, 4) is 11.5 Å². The van der Waals surface area contributed by atoms with E-state index in [2.05, 4.69) is 0 Å². The van der Waals surface area contributed by atoms with Crippen molar-refractivity contribution in [2.75, 3.05) is 52.9 Å². The first kappa shape index (κ1) is 18.0. The van der Waals surface area contributed by atoms with Crippen LogP contribution in [-0.4, -0.2) is 61.3 Å². The molecule has 0 spiro atoms. The number of sulfonamides is 1. The second-order valence-corrected chi connectivity index (χ2v) is 6.25. The largest absolute Gasteiger partial charge is 0.487 e. The molecule has 1 heterocycles. The summed E-state index contributed by atoms with van der Waals surface area (Å²) in [7, 11) is -3.81. The number of nitrogens with two attached hydrogens (primary N) is 1. The van der Waals surface area contributed by atoms with Crippen LogP contribution in [0.25, 0.3) is 0 Å². The SMILES string of the molecule is NS(=O)(=O)c1ccc2c(c1)OCCOCCOCCOCCO2. The first-order valence-electron chi connectivity index (χ1n) is 7.23. The number of ether oxygens (including phenoxy) is 5. The van der Waals surface area contributed by atoms with Crippen LogP contribution in [0.4, 0.5) is 0 Å². The van der Waals surface area contributed by atoms with Crippen molar-refractivity contribution in [1.82, 2.24) is 0 Å². The second-order valence-electron chi connectivity index (χ2n) is 4.69. The van der Waals surface area contributed by atoms with Gasteiger partial charge in [-0.15, -0.1) is 0 Å². The van der Waals surface area contributed by atoms with Crippen molar-refractivity contribution in [1.29, 1.82) is 0 Å². The summed E-state index contributed by atoms with van der Waals surface area (Å²) in [4.78, 5) is -0.0386. The van der Waals surface area contributed by atoms with Crippen LogP contribution in [0.15, 0.2) is 23.1 Å². The summed E-state index contributed by atoms with van der Waals surface area (Å²) >= 11 is 0. The molecule has 1 aliphatic rings. The zero-order chi connectivity index (χ0) is 16.5. The van der Waals surface area contributed by atoms with Gasteiger partial charge in [-0.25, -0.2) is 13.6 Å². The molecular formula is C14H21NO7S. The molecule has 0 amide bonds. The van der Waals surface area contributed by atoms with Crippen LogP contribution in [0.5, 0.6) is 11.5 Å². The number of primary sulfonamides is 1. The van der Waals surface area contributed by atoms with Crippen molar-refractivity contribution >= 4 is 10.0 Å². The Labute approximate surface area is 135 Å². The van der Waals surface area contributed by atoms with Crippen molar-refractivity contribution in [3.63, 3.8) is 0 Å². The van der Waals surface area contributed by atoms with Crippen molar-refractivity contribution < 1.29 is 32.1 Å². The average Bonchev–Trinajstić information content (AvgIpc) is 2.52. The van der Waals surface area contributed by atoms with Crippen molar-refractivity contribution in [2.24, 2.45) is 5.14 Å². The molecule has 23 heavy (non-hydrogen) atoms. The Morgan fingerprint density at radius 2 is 1.22 bits per heavy atom. The van der Waals surface area contributed by atoms with E-state index >= 15 is 0 Å². The van der Waals surface area contributed by atoms with E-state index in [1.807, 2.05) is 0 Å². The lowest BCUT2D eigenvalue weighted by molar-refractivity contribution is 0.00708. The van der Waals surface area contributed by atoms with Crippen LogP contribution in [-0.2, 0) is 24.2 Å². The van der Waals surface area contributed by atoms with E-state index in [1.165, 1.54) is 18.2 Å². The van der Waals surface area contributed by atoms with Gasteiger partial charge in [-0.3, -0.25) is 0 Å². The molecule has 9 heteroatoms. The van der Waals surface area contributed by atoms with Gasteiger partial charge >= 0.3 is 0 Å². The van der Waals surface area contributed by atoms with E-state index in [9.17, 15) is 8.42 Å². The van der Waals surface area contributed by atoms with E-state index in [-0.39, 0.29) is 11.5 Å². The number of hydrogen-bond acceptors (Lipinski definition) is 7. The van der Waals surface area contributed by atoms with E-state index in [0.717, 1.165) is 0 Å². The van der Waals surface area contributed by atoms with Gasteiger partial charge in [-0.1, -0.05) is 0 Å². The molecule has 0 atom stereocenters. The third kappa shape index (κ3) is 6.32. The standard InChI is InChI=1S/C14H21NO7S/c15-23(16,17)12-1-2-13-14(11-12)22-10-8-20-6-4-18-3-5-19-7-9-21-13/h1-2,11H,3-10H2,(H2,15,16,17). The smallest absolute Gasteiger partial charge is 0.238 e. The van der Waals surface area contributed by atoms with E-state index in [1.54, 1.807) is 0 Å². The molecule has 0 unspecified atom stereocenters. The molecule has 1 aromatic carbocycles. The van der Waals surface area contributed by atoms with Gasteiger partial charge in [0, 0.05) is 6.07 Å². The highest BCUT2D eigenvalue weighted by Crippen LogP contribution is 2.29. The van der Waals surface area contributed by atoms with Crippen molar-refractivity contribution in [3.05, 3.63) is 18.2 Å². The van der Waals surface area contributed by atoms with Gasteiger partial charge in [-0.05, 0) is 12.1 Å². The maximum Gasteiger partial charge on any atom is 0.238 e. The van der Waals surface area contributed by atoms with Crippen LogP contribution in [0, 0.1) is 0 Å². The fourth-order valence-electron chi connectivity index (χ4n) is 1.86. The Balaban J connectivity index is 2.09. The summed E-state index contributed by atoms with van der Waals surface area (Å²) in [6, 6.07) is 4.22. The molecule has 1 aliphatic heterocycles. The molecule has 0 saturated heterocycles. The molecule has 130 valence electrons. The van der Waals surface area contributed by atoms with Gasteiger partial charge in [0.15, 0.2) is 11.5 Å². The van der Waals surface area contributed by atoms with Crippen LogP contribution in [0.2, 0.25) is 0 Å². The van der Waals surface area contributed by atoms with Gasteiger partial charge in [0.25, 0.3) is 0 Å². The zero-order valence-corrected chi connectivity index (χ0v) is 13.5. The highest BCUT2D eigenvalue weighted by Gasteiger charge is 2.13. The molecule has 2 N–H and O–H groups in total. The summed E-state index contributed by atoms with van der Waals surface area (Å²) in [5.41, 5.74) is 0. The minimum absolute atomic E-state index is 0.0386. The summed E-state index contributed by atoms with van der Waals surface area (Å²) in [5, 5.41) is 5.13. The highest BCUT2D eigenvalue weighted by atomic mass is 32.2. The Morgan fingerprint density at radius 1 is 0.739 bits per heavy atom. The Bertz CT molecular complexity index is 591. The summed E-state index contributed by atoms with van der Waals surface area (Å²) < 4.78 is 50.0. The molecule has 0 bridgehead atoms. The van der Waals surface area contributed by atoms with Crippen molar-refractivity contribution in [2.45, 2.75) is 4.90 Å². The predicted molar refractivity (Wildman–Crippen MR) is 81.3 cm³/mol. The van der Waals surface area contributed by atoms with Crippen LogP contribution in [0.3, 0.4) is 0 Å². The van der Waals surface area contributed by atoms with Gasteiger partial charge < -0.3 is 23.7 Å². The average molecular weight is 347 g/mol. The Hall–Kier alpha value is -1.39. The molecule has 0 aliphatic carbocycles. The normalized spacial score (nSPS) is 18.7. The highest BCUT2D eigenvalue weighted by molar-refractivity contribution is 7.89. The topological polar surface area (TPSA) is 106 Å². The zero-order valence-electron chi connectivity index (χ0n) is 12.7. The Morgan fingerprint density at radius 3 is 1.74 bits per heavy atom. The molecule has 0 saturated carbocycles. The second kappa shape index (κ2) is 9.04. The maximum atomic E-state index is 11.4. The summed E-state index contributed by atoms with van der Waals surface area (Å²) in [6.07, 6.45) is 0. The lowest BCUT2D eigenvalue weighted by Crippen LogP contribution is -2.14. The maximum absolute atomic E-state index is 11.4. The number of rotatable bonds is 1. The minimum Gasteiger partial charge on any atom is -0.487 e. The molecule has 8 nitrogen and oxygen atoms in total.